The maximum absolute atomic E-state index is 15.0. The summed E-state index contributed by atoms with van der Waals surface area (Å²) in [6.07, 6.45) is 0. The summed E-state index contributed by atoms with van der Waals surface area (Å²) >= 11 is 0. The predicted octanol–water partition coefficient (Wildman–Crippen LogP) is 3.68. The number of rotatable bonds is 7. The van der Waals surface area contributed by atoms with Crippen molar-refractivity contribution in [2.45, 2.75) is 24.8 Å². The number of hydrogen-bond acceptors (Lipinski definition) is 7. The second-order valence-electron chi connectivity index (χ2n) is 8.30. The fraction of sp³-hybridized carbons (Fsp3) is 0.148. The van der Waals surface area contributed by atoms with Gasteiger partial charge < -0.3 is 9.84 Å². The van der Waals surface area contributed by atoms with Crippen LogP contribution in [0.4, 0.5) is 10.1 Å². The van der Waals surface area contributed by atoms with E-state index in [1.54, 1.807) is 12.1 Å². The molecule has 9 nitrogen and oxygen atoms in total. The van der Waals surface area contributed by atoms with E-state index in [4.69, 9.17) is 4.74 Å². The van der Waals surface area contributed by atoms with Crippen molar-refractivity contribution in [1.29, 1.82) is 0 Å². The maximum Gasteiger partial charge on any atom is 0.300 e. The molecule has 1 heterocycles. The number of amides is 2. The smallest absolute Gasteiger partial charge is 0.300 e. The summed E-state index contributed by atoms with van der Waals surface area (Å²) in [5, 5.41) is 11.1. The number of anilines is 1. The van der Waals surface area contributed by atoms with Crippen molar-refractivity contribution in [3.63, 3.8) is 0 Å². The fourth-order valence-electron chi connectivity index (χ4n) is 4.16. The van der Waals surface area contributed by atoms with Crippen molar-refractivity contribution in [3.8, 4) is 5.75 Å². The number of aliphatic hydroxyl groups is 1. The Morgan fingerprint density at radius 2 is 1.66 bits per heavy atom. The molecule has 4 rings (SSSR count). The van der Waals surface area contributed by atoms with Crippen molar-refractivity contribution in [3.05, 3.63) is 95.3 Å². The van der Waals surface area contributed by atoms with Crippen LogP contribution in [-0.2, 0) is 24.4 Å². The number of aliphatic hydroxyl groups excluding tert-OH is 1. The van der Waals surface area contributed by atoms with E-state index in [0.717, 1.165) is 30.0 Å². The van der Waals surface area contributed by atoms with E-state index in [9.17, 15) is 27.9 Å². The Morgan fingerprint density at radius 1 is 1.03 bits per heavy atom. The molecule has 1 fully saturated rings. The molecule has 0 aromatic heterocycles. The molecule has 1 unspecified atom stereocenters. The summed E-state index contributed by atoms with van der Waals surface area (Å²) in [6, 6.07) is 15.2. The van der Waals surface area contributed by atoms with Gasteiger partial charge in [-0.2, -0.15) is 0 Å². The summed E-state index contributed by atoms with van der Waals surface area (Å²) in [5.74, 6) is -3.56. The van der Waals surface area contributed by atoms with E-state index < -0.39 is 45.2 Å². The molecule has 0 radical (unpaired) electrons. The molecule has 1 atom stereocenters. The van der Waals surface area contributed by atoms with Crippen LogP contribution < -0.4 is 14.4 Å². The summed E-state index contributed by atoms with van der Waals surface area (Å²) in [7, 11) is -4.15. The number of sulfonamides is 1. The van der Waals surface area contributed by atoms with Gasteiger partial charge in [-0.05, 0) is 61.5 Å². The lowest BCUT2D eigenvalue weighted by Gasteiger charge is -2.26. The van der Waals surface area contributed by atoms with E-state index in [-0.39, 0.29) is 27.3 Å². The van der Waals surface area contributed by atoms with Crippen LogP contribution >= 0.6 is 0 Å². The molecule has 0 spiro atoms. The first-order valence-corrected chi connectivity index (χ1v) is 13.0. The third-order valence-electron chi connectivity index (χ3n) is 5.79. The van der Waals surface area contributed by atoms with Crippen LogP contribution in [-0.4, -0.2) is 37.7 Å². The monoisotopic (exact) mass is 538 g/mol. The quantitative estimate of drug-likeness (QED) is 0.267. The zero-order valence-electron chi connectivity index (χ0n) is 20.3. The topological polar surface area (TPSA) is 130 Å². The van der Waals surface area contributed by atoms with Crippen LogP contribution in [0, 0.1) is 5.82 Å². The fourth-order valence-corrected chi connectivity index (χ4v) is 5.15. The molecule has 0 bridgehead atoms. The minimum Gasteiger partial charge on any atom is -0.507 e. The SMILES string of the molecule is CCOc1ccc(C(O)=C2C(=O)C(=O)N(c3ccc(S(=O)(=O)NC(C)=O)cc3)C2c2ccccc2F)cc1. The van der Waals surface area contributed by atoms with Gasteiger partial charge in [0.15, 0.2) is 0 Å². The summed E-state index contributed by atoms with van der Waals surface area (Å²) in [6.45, 7) is 3.28. The van der Waals surface area contributed by atoms with Crippen molar-refractivity contribution >= 4 is 39.1 Å². The van der Waals surface area contributed by atoms with E-state index in [1.807, 2.05) is 11.6 Å². The Hall–Kier alpha value is -4.51. The van der Waals surface area contributed by atoms with Gasteiger partial charge in [0.2, 0.25) is 5.91 Å². The Balaban J connectivity index is 1.85. The Bertz CT molecular complexity index is 1550. The summed E-state index contributed by atoms with van der Waals surface area (Å²) in [4.78, 5) is 38.4. The summed E-state index contributed by atoms with van der Waals surface area (Å²) < 4.78 is 46.9. The summed E-state index contributed by atoms with van der Waals surface area (Å²) in [5.41, 5.74) is -0.0919. The molecular formula is C27H23FN2O7S. The minimum atomic E-state index is -4.15. The number of carbonyl (C=O) groups is 3. The van der Waals surface area contributed by atoms with Crippen molar-refractivity contribution < 1.29 is 37.0 Å². The second-order valence-corrected chi connectivity index (χ2v) is 9.99. The number of halogens is 1. The highest BCUT2D eigenvalue weighted by molar-refractivity contribution is 7.90. The Labute approximate surface area is 218 Å². The lowest BCUT2D eigenvalue weighted by molar-refractivity contribution is -0.132. The number of hydrogen-bond donors (Lipinski definition) is 2. The highest BCUT2D eigenvalue weighted by atomic mass is 32.2. The second kappa shape index (κ2) is 10.5. The number of carbonyl (C=O) groups excluding carboxylic acids is 3. The largest absolute Gasteiger partial charge is 0.507 e. The average molecular weight is 539 g/mol. The average Bonchev–Trinajstić information content (AvgIpc) is 3.14. The molecule has 3 aromatic carbocycles. The highest BCUT2D eigenvalue weighted by Gasteiger charge is 2.47. The van der Waals surface area contributed by atoms with E-state index >= 15 is 4.39 Å². The van der Waals surface area contributed by atoms with Gasteiger partial charge in [-0.3, -0.25) is 19.3 Å². The van der Waals surface area contributed by atoms with Crippen LogP contribution in [0.25, 0.3) is 5.76 Å². The third kappa shape index (κ3) is 5.00. The predicted molar refractivity (Wildman–Crippen MR) is 136 cm³/mol. The Kier molecular flexibility index (Phi) is 7.31. The first kappa shape index (κ1) is 26.6. The van der Waals surface area contributed by atoms with E-state index in [0.29, 0.717) is 12.4 Å². The van der Waals surface area contributed by atoms with Gasteiger partial charge in [-0.25, -0.2) is 17.5 Å². The van der Waals surface area contributed by atoms with Gasteiger partial charge in [0.1, 0.15) is 17.3 Å². The molecule has 1 aliphatic rings. The molecule has 2 amide bonds. The van der Waals surface area contributed by atoms with E-state index in [1.165, 1.54) is 42.5 Å². The zero-order valence-corrected chi connectivity index (χ0v) is 21.2. The van der Waals surface area contributed by atoms with Crippen molar-refractivity contribution in [2.24, 2.45) is 0 Å². The molecule has 2 N–H and O–H groups in total. The molecule has 0 aliphatic carbocycles. The van der Waals surface area contributed by atoms with Gasteiger partial charge in [0.05, 0.1) is 23.1 Å². The molecule has 0 saturated carbocycles. The maximum atomic E-state index is 15.0. The van der Waals surface area contributed by atoms with Crippen LogP contribution in [0.5, 0.6) is 5.75 Å². The Morgan fingerprint density at radius 3 is 2.24 bits per heavy atom. The number of nitrogens with one attached hydrogen (secondary N) is 1. The third-order valence-corrected chi connectivity index (χ3v) is 7.24. The zero-order chi connectivity index (χ0) is 27.6. The molecular weight excluding hydrogens is 515 g/mol. The molecule has 1 saturated heterocycles. The molecule has 38 heavy (non-hydrogen) atoms. The molecule has 11 heteroatoms. The first-order chi connectivity index (χ1) is 18.0. The van der Waals surface area contributed by atoms with Gasteiger partial charge in [0, 0.05) is 23.7 Å². The van der Waals surface area contributed by atoms with Gasteiger partial charge in [0.25, 0.3) is 21.7 Å². The number of Topliss-reactive ketones (excluding diaryl/α,β-unsaturated/α-hetero) is 1. The van der Waals surface area contributed by atoms with Crippen LogP contribution in [0.15, 0.2) is 83.3 Å². The molecule has 196 valence electrons. The van der Waals surface area contributed by atoms with Gasteiger partial charge in [-0.15, -0.1) is 0 Å². The van der Waals surface area contributed by atoms with Gasteiger partial charge in [-0.1, -0.05) is 18.2 Å². The van der Waals surface area contributed by atoms with Crippen molar-refractivity contribution in [1.82, 2.24) is 4.72 Å². The van der Waals surface area contributed by atoms with Gasteiger partial charge >= 0.3 is 0 Å². The number of ether oxygens (including phenoxy) is 1. The molecule has 1 aliphatic heterocycles. The van der Waals surface area contributed by atoms with Crippen molar-refractivity contribution in [2.75, 3.05) is 11.5 Å². The van der Waals surface area contributed by atoms with Crippen LogP contribution in [0.2, 0.25) is 0 Å². The lowest BCUT2D eigenvalue weighted by Crippen LogP contribution is -2.30. The number of ketones is 1. The van der Waals surface area contributed by atoms with Crippen LogP contribution in [0.3, 0.4) is 0 Å². The number of nitrogens with zero attached hydrogens (tertiary/aromatic N) is 1. The number of benzene rings is 3. The molecule has 3 aromatic rings. The lowest BCUT2D eigenvalue weighted by atomic mass is 9.94. The van der Waals surface area contributed by atoms with E-state index in [2.05, 4.69) is 0 Å². The first-order valence-electron chi connectivity index (χ1n) is 11.5. The standard InChI is InChI=1S/C27H23FN2O7S/c1-3-37-19-12-8-17(9-13-19)25(32)23-24(21-6-4-5-7-22(21)28)30(27(34)26(23)33)18-10-14-20(15-11-18)38(35,36)29-16(2)31/h4-15,24,32H,3H2,1-2H3,(H,29,31). The van der Waals surface area contributed by atoms with Crippen LogP contribution in [0.1, 0.15) is 31.0 Å². The normalized spacial score (nSPS) is 16.9. The highest BCUT2D eigenvalue weighted by Crippen LogP contribution is 2.43. The minimum absolute atomic E-state index is 0.0471.